The molecule has 0 saturated heterocycles. The van der Waals surface area contributed by atoms with Crippen molar-refractivity contribution in [3.63, 3.8) is 0 Å². The molecule has 0 spiro atoms. The second-order valence-electron chi connectivity index (χ2n) is 7.00. The van der Waals surface area contributed by atoms with Crippen molar-refractivity contribution in [1.29, 1.82) is 0 Å². The molecule has 0 aliphatic heterocycles. The Bertz CT molecular complexity index is 1030. The van der Waals surface area contributed by atoms with Crippen molar-refractivity contribution in [2.75, 3.05) is 11.9 Å². The van der Waals surface area contributed by atoms with E-state index in [4.69, 9.17) is 0 Å². The molecule has 0 radical (unpaired) electrons. The number of thiophene rings is 1. The van der Waals surface area contributed by atoms with Crippen molar-refractivity contribution in [2.45, 2.75) is 25.9 Å². The minimum absolute atomic E-state index is 0.0203. The van der Waals surface area contributed by atoms with Gasteiger partial charge in [-0.2, -0.15) is 0 Å². The van der Waals surface area contributed by atoms with Crippen molar-refractivity contribution in [2.24, 2.45) is 0 Å². The summed E-state index contributed by atoms with van der Waals surface area (Å²) in [7, 11) is 0. The fourth-order valence-corrected chi connectivity index (χ4v) is 3.60. The molecule has 3 aromatic rings. The summed E-state index contributed by atoms with van der Waals surface area (Å²) >= 11 is 1.48. The lowest BCUT2D eigenvalue weighted by atomic mass is 10.2. The number of nitrogens with one attached hydrogen (secondary N) is 2. The number of halogens is 1. The summed E-state index contributed by atoms with van der Waals surface area (Å²) in [6.45, 7) is 0.370. The number of hydrogen-bond donors (Lipinski definition) is 2. The van der Waals surface area contributed by atoms with Crippen LogP contribution < -0.4 is 10.6 Å². The topological polar surface area (TPSA) is 91.4 Å². The van der Waals surface area contributed by atoms with Gasteiger partial charge in [-0.25, -0.2) is 9.37 Å². The Morgan fingerprint density at radius 3 is 2.47 bits per heavy atom. The minimum Gasteiger partial charge on any atom is -0.350 e. The highest BCUT2D eigenvalue weighted by Crippen LogP contribution is 2.13. The lowest BCUT2D eigenvalue weighted by Crippen LogP contribution is -2.40. The fourth-order valence-electron chi connectivity index (χ4n) is 2.88. The summed E-state index contributed by atoms with van der Waals surface area (Å²) in [6.07, 6.45) is 1.51. The number of pyridine rings is 1. The number of benzene rings is 1. The number of carbonyl (C=O) groups excluding carboxylic acids is 3. The van der Waals surface area contributed by atoms with E-state index in [1.807, 2.05) is 17.5 Å². The van der Waals surface area contributed by atoms with E-state index in [-0.39, 0.29) is 56.0 Å². The van der Waals surface area contributed by atoms with Crippen LogP contribution in [0.4, 0.5) is 10.2 Å². The molecule has 2 N–H and O–H groups in total. The maximum atomic E-state index is 13.0. The van der Waals surface area contributed by atoms with Crippen LogP contribution in [0, 0.1) is 5.82 Å². The van der Waals surface area contributed by atoms with E-state index >= 15 is 0 Å². The third-order valence-electron chi connectivity index (χ3n) is 4.52. The molecule has 166 valence electrons. The van der Waals surface area contributed by atoms with Gasteiger partial charge in [-0.15, -0.1) is 11.3 Å². The van der Waals surface area contributed by atoms with E-state index < -0.39 is 0 Å². The second-order valence-corrected chi connectivity index (χ2v) is 8.03. The van der Waals surface area contributed by atoms with E-state index in [1.54, 1.807) is 36.5 Å². The molecule has 0 aliphatic carbocycles. The highest BCUT2D eigenvalue weighted by Gasteiger charge is 2.19. The molecule has 0 unspecified atom stereocenters. The zero-order valence-electron chi connectivity index (χ0n) is 17.3. The van der Waals surface area contributed by atoms with Crippen LogP contribution in [-0.4, -0.2) is 34.2 Å². The number of rotatable bonds is 10. The first-order valence-corrected chi connectivity index (χ1v) is 10.9. The molecule has 0 saturated carbocycles. The van der Waals surface area contributed by atoms with Crippen LogP contribution in [0.15, 0.2) is 66.2 Å². The van der Waals surface area contributed by atoms with Gasteiger partial charge in [0, 0.05) is 30.5 Å². The van der Waals surface area contributed by atoms with Crippen LogP contribution in [0.1, 0.15) is 23.3 Å². The molecule has 32 heavy (non-hydrogen) atoms. The van der Waals surface area contributed by atoms with Gasteiger partial charge in [0.15, 0.2) is 0 Å². The van der Waals surface area contributed by atoms with E-state index in [0.717, 1.165) is 10.4 Å². The highest BCUT2D eigenvalue weighted by atomic mass is 32.1. The van der Waals surface area contributed by atoms with E-state index in [9.17, 15) is 18.8 Å². The van der Waals surface area contributed by atoms with E-state index in [0.29, 0.717) is 5.82 Å². The number of carbonyl (C=O) groups is 3. The summed E-state index contributed by atoms with van der Waals surface area (Å²) < 4.78 is 13.0. The predicted molar refractivity (Wildman–Crippen MR) is 120 cm³/mol. The summed E-state index contributed by atoms with van der Waals surface area (Å²) in [5.74, 6) is -0.891. The molecule has 2 heterocycles. The van der Waals surface area contributed by atoms with Crippen LogP contribution in [0.25, 0.3) is 0 Å². The fraction of sp³-hybridized carbons (Fsp3) is 0.217. The molecule has 9 heteroatoms. The Morgan fingerprint density at radius 2 is 1.78 bits per heavy atom. The van der Waals surface area contributed by atoms with Crippen molar-refractivity contribution >= 4 is 34.9 Å². The van der Waals surface area contributed by atoms with Crippen LogP contribution in [0.5, 0.6) is 0 Å². The smallest absolute Gasteiger partial charge is 0.239 e. The maximum absolute atomic E-state index is 13.0. The first-order chi connectivity index (χ1) is 15.5. The SMILES string of the molecule is O=C(CN(Cc1cccs1)C(=O)CCC(=O)Nc1ccccn1)NCc1ccc(F)cc1. The first-order valence-electron chi connectivity index (χ1n) is 10.0. The molecule has 1 aromatic carbocycles. The summed E-state index contributed by atoms with van der Waals surface area (Å²) in [5.41, 5.74) is 0.752. The Morgan fingerprint density at radius 1 is 0.969 bits per heavy atom. The third kappa shape index (κ3) is 7.59. The summed E-state index contributed by atoms with van der Waals surface area (Å²) in [4.78, 5) is 43.8. The largest absolute Gasteiger partial charge is 0.350 e. The van der Waals surface area contributed by atoms with Gasteiger partial charge in [0.25, 0.3) is 0 Å². The Balaban J connectivity index is 1.53. The molecule has 3 rings (SSSR count). The quantitative estimate of drug-likeness (QED) is 0.492. The Labute approximate surface area is 189 Å². The van der Waals surface area contributed by atoms with E-state index in [2.05, 4.69) is 15.6 Å². The number of aromatic nitrogens is 1. The standard InChI is InChI=1S/C23H23FN4O3S/c24-18-8-6-17(7-9-18)14-26-22(30)16-28(15-19-4-3-13-32-19)23(31)11-10-21(29)27-20-5-1-2-12-25-20/h1-9,12-13H,10-11,14-16H2,(H,26,30)(H,25,27,29). The Hall–Kier alpha value is -3.59. The summed E-state index contributed by atoms with van der Waals surface area (Å²) in [6, 6.07) is 14.7. The highest BCUT2D eigenvalue weighted by molar-refractivity contribution is 7.09. The Kier molecular flexibility index (Phi) is 8.44. The van der Waals surface area contributed by atoms with E-state index in [1.165, 1.54) is 28.4 Å². The number of nitrogens with zero attached hydrogens (tertiary/aromatic N) is 2. The molecule has 0 aliphatic rings. The van der Waals surface area contributed by atoms with Crippen molar-refractivity contribution in [1.82, 2.24) is 15.2 Å². The van der Waals surface area contributed by atoms with Gasteiger partial charge in [-0.1, -0.05) is 24.3 Å². The number of hydrogen-bond acceptors (Lipinski definition) is 5. The van der Waals surface area contributed by atoms with Gasteiger partial charge >= 0.3 is 0 Å². The second kappa shape index (κ2) is 11.7. The molecular formula is C23H23FN4O3S. The molecule has 0 atom stereocenters. The van der Waals surface area contributed by atoms with Crippen LogP contribution in [0.2, 0.25) is 0 Å². The minimum atomic E-state index is -0.347. The molecule has 2 aromatic heterocycles. The average molecular weight is 455 g/mol. The number of amides is 3. The lowest BCUT2D eigenvalue weighted by molar-refractivity contribution is -0.137. The monoisotopic (exact) mass is 454 g/mol. The molecule has 3 amide bonds. The van der Waals surface area contributed by atoms with Gasteiger partial charge in [-0.3, -0.25) is 14.4 Å². The predicted octanol–water partition coefficient (Wildman–Crippen LogP) is 3.35. The van der Waals surface area contributed by atoms with Crippen LogP contribution in [0.3, 0.4) is 0 Å². The van der Waals surface area contributed by atoms with Crippen molar-refractivity contribution in [3.05, 3.63) is 82.4 Å². The molecular weight excluding hydrogens is 431 g/mol. The van der Waals surface area contributed by atoms with Gasteiger partial charge in [0.05, 0.1) is 13.1 Å². The van der Waals surface area contributed by atoms with Crippen LogP contribution >= 0.6 is 11.3 Å². The van der Waals surface area contributed by atoms with Crippen molar-refractivity contribution in [3.8, 4) is 0 Å². The zero-order valence-corrected chi connectivity index (χ0v) is 18.1. The molecule has 0 fully saturated rings. The average Bonchev–Trinajstić information content (AvgIpc) is 3.30. The van der Waals surface area contributed by atoms with Crippen molar-refractivity contribution < 1.29 is 18.8 Å². The first kappa shape index (κ1) is 23.1. The lowest BCUT2D eigenvalue weighted by Gasteiger charge is -2.21. The molecule has 7 nitrogen and oxygen atoms in total. The zero-order chi connectivity index (χ0) is 22.8. The van der Waals surface area contributed by atoms with Gasteiger partial charge in [0.2, 0.25) is 17.7 Å². The maximum Gasteiger partial charge on any atom is 0.239 e. The van der Waals surface area contributed by atoms with Gasteiger partial charge in [-0.05, 0) is 41.3 Å². The van der Waals surface area contributed by atoms with Gasteiger partial charge < -0.3 is 15.5 Å². The molecule has 0 bridgehead atoms. The van der Waals surface area contributed by atoms with Gasteiger partial charge in [0.1, 0.15) is 11.6 Å². The third-order valence-corrected chi connectivity index (χ3v) is 5.38. The van der Waals surface area contributed by atoms with Crippen LogP contribution in [-0.2, 0) is 27.5 Å². The number of anilines is 1. The summed E-state index contributed by atoms with van der Waals surface area (Å²) in [5, 5.41) is 7.28. The normalized spacial score (nSPS) is 10.4.